The summed E-state index contributed by atoms with van der Waals surface area (Å²) in [6.07, 6.45) is 0.286. The Morgan fingerprint density at radius 3 is 2.56 bits per heavy atom. The predicted octanol–water partition coefficient (Wildman–Crippen LogP) is 4.51. The average molecular weight is 388 g/mol. The zero-order valence-electron chi connectivity index (χ0n) is 16.4. The number of rotatable bonds is 10. The van der Waals surface area contributed by atoms with Crippen LogP contribution in [-0.2, 0) is 20.6 Å². The quantitative estimate of drug-likeness (QED) is 0.364. The highest BCUT2D eigenvalue weighted by Crippen LogP contribution is 2.11. The Bertz CT molecular complexity index is 494. The molecule has 144 valence electrons. The van der Waals surface area contributed by atoms with Crippen LogP contribution in [0.2, 0.25) is 25.7 Å². The van der Waals surface area contributed by atoms with Crippen LogP contribution >= 0.6 is 11.3 Å². The van der Waals surface area contributed by atoms with Gasteiger partial charge in [0.05, 0.1) is 12.6 Å². The van der Waals surface area contributed by atoms with Crippen LogP contribution in [0.4, 0.5) is 4.79 Å². The molecule has 0 aliphatic carbocycles. The Morgan fingerprint density at radius 1 is 1.28 bits per heavy atom. The predicted molar refractivity (Wildman–Crippen MR) is 106 cm³/mol. The van der Waals surface area contributed by atoms with E-state index in [4.69, 9.17) is 14.2 Å². The van der Waals surface area contributed by atoms with Gasteiger partial charge in [-0.25, -0.2) is 4.79 Å². The second-order valence-electron chi connectivity index (χ2n) is 8.39. The largest absolute Gasteiger partial charge is 0.444 e. The van der Waals surface area contributed by atoms with Gasteiger partial charge in [-0.2, -0.15) is 11.3 Å². The molecule has 0 aliphatic rings. The highest BCUT2D eigenvalue weighted by Gasteiger charge is 2.20. The highest BCUT2D eigenvalue weighted by atomic mass is 32.1. The second-order valence-corrected chi connectivity index (χ2v) is 14.8. The summed E-state index contributed by atoms with van der Waals surface area (Å²) in [6.45, 7) is 13.9. The molecule has 0 radical (unpaired) electrons. The molecule has 0 saturated carbocycles. The molecule has 0 bridgehead atoms. The van der Waals surface area contributed by atoms with Crippen LogP contribution in [0.5, 0.6) is 0 Å². The van der Waals surface area contributed by atoms with Crippen LogP contribution in [0, 0.1) is 0 Å². The van der Waals surface area contributed by atoms with Crippen molar-refractivity contribution in [1.82, 2.24) is 5.32 Å². The Balaban J connectivity index is 2.39. The van der Waals surface area contributed by atoms with E-state index in [9.17, 15) is 4.79 Å². The Kier molecular flexibility index (Phi) is 9.13. The van der Waals surface area contributed by atoms with Crippen LogP contribution in [0.1, 0.15) is 26.3 Å². The molecule has 7 heteroatoms. The van der Waals surface area contributed by atoms with E-state index in [-0.39, 0.29) is 12.8 Å². The number of ether oxygens (including phenoxy) is 3. The topological polar surface area (TPSA) is 56.8 Å². The molecule has 0 aromatic carbocycles. The minimum Gasteiger partial charge on any atom is -0.444 e. The summed E-state index contributed by atoms with van der Waals surface area (Å²) >= 11 is 1.64. The maximum Gasteiger partial charge on any atom is 0.407 e. The number of hydrogen-bond donors (Lipinski definition) is 1. The molecule has 0 unspecified atom stereocenters. The molecular weight excluding hydrogens is 354 g/mol. The number of thiophene rings is 1. The third kappa shape index (κ3) is 12.2. The summed E-state index contributed by atoms with van der Waals surface area (Å²) in [5.74, 6) is 0. The smallest absolute Gasteiger partial charge is 0.407 e. The lowest BCUT2D eigenvalue weighted by Crippen LogP contribution is -2.42. The fraction of sp³-hybridized carbons (Fsp3) is 0.722. The van der Waals surface area contributed by atoms with Crippen molar-refractivity contribution in [2.24, 2.45) is 0 Å². The lowest BCUT2D eigenvalue weighted by molar-refractivity contribution is -0.0562. The molecule has 1 atom stereocenters. The SMILES string of the molecule is CC(C)(C)OC(=O)N[C@H](COCOCC[Si](C)(C)C)Cc1ccsc1. The van der Waals surface area contributed by atoms with Gasteiger partial charge in [0.1, 0.15) is 12.4 Å². The summed E-state index contributed by atoms with van der Waals surface area (Å²) in [5.41, 5.74) is 0.659. The minimum atomic E-state index is -1.08. The van der Waals surface area contributed by atoms with Crippen molar-refractivity contribution >= 4 is 25.5 Å². The van der Waals surface area contributed by atoms with Gasteiger partial charge in [-0.1, -0.05) is 19.6 Å². The van der Waals surface area contributed by atoms with E-state index < -0.39 is 19.8 Å². The van der Waals surface area contributed by atoms with Crippen molar-refractivity contribution in [2.75, 3.05) is 20.0 Å². The first kappa shape index (κ1) is 22.1. The maximum atomic E-state index is 12.0. The monoisotopic (exact) mass is 387 g/mol. The van der Waals surface area contributed by atoms with Gasteiger partial charge >= 0.3 is 6.09 Å². The number of carbonyl (C=O) groups excluding carboxylic acids is 1. The molecule has 1 N–H and O–H groups in total. The molecule has 0 saturated heterocycles. The van der Waals surface area contributed by atoms with Gasteiger partial charge in [0.25, 0.3) is 0 Å². The molecule has 1 aromatic rings. The highest BCUT2D eigenvalue weighted by molar-refractivity contribution is 7.07. The van der Waals surface area contributed by atoms with Crippen molar-refractivity contribution in [2.45, 2.75) is 64.5 Å². The Hall–Kier alpha value is -0.893. The van der Waals surface area contributed by atoms with Crippen LogP contribution < -0.4 is 5.32 Å². The Morgan fingerprint density at radius 2 is 2.00 bits per heavy atom. The van der Waals surface area contributed by atoms with Gasteiger partial charge in [0, 0.05) is 14.7 Å². The summed E-state index contributed by atoms with van der Waals surface area (Å²) in [4.78, 5) is 12.0. The zero-order valence-corrected chi connectivity index (χ0v) is 18.2. The number of nitrogens with one attached hydrogen (secondary N) is 1. The summed E-state index contributed by atoms with van der Waals surface area (Å²) < 4.78 is 16.5. The number of amides is 1. The van der Waals surface area contributed by atoms with E-state index in [2.05, 4.69) is 36.4 Å². The molecule has 25 heavy (non-hydrogen) atoms. The van der Waals surface area contributed by atoms with E-state index in [1.807, 2.05) is 26.2 Å². The standard InChI is InChI=1S/C18H33NO4SSi/c1-18(2,3)23-17(20)19-16(11-15-7-9-24-13-15)12-22-14-21-8-10-25(4,5)6/h7,9,13,16H,8,10-12,14H2,1-6H3,(H,19,20)/t16-/m0/s1. The minimum absolute atomic E-state index is 0.148. The van der Waals surface area contributed by atoms with Crippen LogP contribution in [0.15, 0.2) is 16.8 Å². The molecule has 0 fully saturated rings. The summed E-state index contributed by atoms with van der Waals surface area (Å²) in [6, 6.07) is 3.02. The van der Waals surface area contributed by atoms with Gasteiger partial charge in [0.15, 0.2) is 0 Å². The van der Waals surface area contributed by atoms with Crippen molar-refractivity contribution in [1.29, 1.82) is 0 Å². The zero-order chi connectivity index (χ0) is 18.9. The molecule has 0 spiro atoms. The van der Waals surface area contributed by atoms with E-state index in [1.54, 1.807) is 11.3 Å². The normalized spacial score (nSPS) is 13.5. The fourth-order valence-corrected chi connectivity index (χ4v) is 3.44. The number of alkyl carbamates (subject to hydrolysis) is 1. The summed E-state index contributed by atoms with van der Waals surface area (Å²) in [7, 11) is -1.08. The van der Waals surface area contributed by atoms with Gasteiger partial charge in [-0.05, 0) is 55.6 Å². The maximum absolute atomic E-state index is 12.0. The molecular formula is C18H33NO4SSi. The van der Waals surface area contributed by atoms with E-state index in [0.29, 0.717) is 13.0 Å². The van der Waals surface area contributed by atoms with Crippen molar-refractivity contribution < 1.29 is 19.0 Å². The first-order valence-corrected chi connectivity index (χ1v) is 13.4. The molecule has 1 aromatic heterocycles. The molecule has 1 heterocycles. The first-order valence-electron chi connectivity index (χ1n) is 8.71. The first-order chi connectivity index (χ1) is 11.6. The Labute approximate surface area is 157 Å². The van der Waals surface area contributed by atoms with Gasteiger partial charge in [0.2, 0.25) is 0 Å². The van der Waals surface area contributed by atoms with E-state index in [0.717, 1.165) is 12.7 Å². The third-order valence-corrected chi connectivity index (χ3v) is 5.70. The van der Waals surface area contributed by atoms with Crippen LogP contribution in [0.3, 0.4) is 0 Å². The average Bonchev–Trinajstić information content (AvgIpc) is 2.92. The van der Waals surface area contributed by atoms with Gasteiger partial charge in [-0.15, -0.1) is 0 Å². The van der Waals surface area contributed by atoms with Crippen molar-refractivity contribution in [3.8, 4) is 0 Å². The number of hydrogen-bond acceptors (Lipinski definition) is 5. The van der Waals surface area contributed by atoms with Crippen molar-refractivity contribution in [3.63, 3.8) is 0 Å². The fourth-order valence-electron chi connectivity index (χ4n) is 2.01. The lowest BCUT2D eigenvalue weighted by Gasteiger charge is -2.23. The molecule has 5 nitrogen and oxygen atoms in total. The van der Waals surface area contributed by atoms with Gasteiger partial charge < -0.3 is 19.5 Å². The molecule has 0 aliphatic heterocycles. The third-order valence-electron chi connectivity index (χ3n) is 3.27. The van der Waals surface area contributed by atoms with E-state index >= 15 is 0 Å². The van der Waals surface area contributed by atoms with Crippen LogP contribution in [-0.4, -0.2) is 45.8 Å². The second kappa shape index (κ2) is 10.3. The summed E-state index contributed by atoms with van der Waals surface area (Å²) in [5, 5.41) is 7.00. The number of carbonyl (C=O) groups is 1. The van der Waals surface area contributed by atoms with Gasteiger partial charge in [-0.3, -0.25) is 0 Å². The van der Waals surface area contributed by atoms with Crippen LogP contribution in [0.25, 0.3) is 0 Å². The molecule has 1 amide bonds. The van der Waals surface area contributed by atoms with E-state index in [1.165, 1.54) is 5.56 Å². The molecule has 1 rings (SSSR count). The van der Waals surface area contributed by atoms with Crippen molar-refractivity contribution in [3.05, 3.63) is 22.4 Å². The lowest BCUT2D eigenvalue weighted by atomic mass is 10.1.